The van der Waals surface area contributed by atoms with Crippen LogP contribution >= 0.6 is 11.3 Å². The lowest BCUT2D eigenvalue weighted by molar-refractivity contribution is 0.232. The van der Waals surface area contributed by atoms with Gasteiger partial charge in [-0.1, -0.05) is 13.8 Å². The summed E-state index contributed by atoms with van der Waals surface area (Å²) < 4.78 is 0. The molecule has 17 heavy (non-hydrogen) atoms. The van der Waals surface area contributed by atoms with E-state index < -0.39 is 0 Å². The molecule has 0 saturated carbocycles. The molecule has 0 atom stereocenters. The molecule has 98 valence electrons. The maximum Gasteiger partial charge on any atom is 0.0216 e. The van der Waals surface area contributed by atoms with Gasteiger partial charge >= 0.3 is 0 Å². The number of hydrogen-bond donors (Lipinski definition) is 1. The van der Waals surface area contributed by atoms with Crippen LogP contribution in [0.15, 0.2) is 6.07 Å². The van der Waals surface area contributed by atoms with Gasteiger partial charge in [0.2, 0.25) is 0 Å². The molecule has 0 radical (unpaired) electrons. The highest BCUT2D eigenvalue weighted by Gasteiger charge is 2.18. The number of rotatable bonds is 6. The third-order valence-corrected chi connectivity index (χ3v) is 3.82. The molecule has 0 unspecified atom stereocenters. The van der Waals surface area contributed by atoms with Crippen LogP contribution < -0.4 is 5.32 Å². The Morgan fingerprint density at radius 1 is 1.29 bits per heavy atom. The van der Waals surface area contributed by atoms with Crippen molar-refractivity contribution in [1.82, 2.24) is 10.2 Å². The SMILES string of the molecule is Cc1cc(CNCC(C)(C)CN(C)C)c(C)s1. The van der Waals surface area contributed by atoms with Crippen LogP contribution in [-0.2, 0) is 6.54 Å². The van der Waals surface area contributed by atoms with Gasteiger partial charge in [0.05, 0.1) is 0 Å². The molecule has 3 heteroatoms. The molecule has 0 amide bonds. The van der Waals surface area contributed by atoms with Gasteiger partial charge in [-0.25, -0.2) is 0 Å². The van der Waals surface area contributed by atoms with Crippen molar-refractivity contribution in [3.8, 4) is 0 Å². The summed E-state index contributed by atoms with van der Waals surface area (Å²) in [4.78, 5) is 5.11. The molecule has 1 N–H and O–H groups in total. The van der Waals surface area contributed by atoms with Gasteiger partial charge in [-0.05, 0) is 45.0 Å². The summed E-state index contributed by atoms with van der Waals surface area (Å²) >= 11 is 1.89. The van der Waals surface area contributed by atoms with Gasteiger partial charge in [0.25, 0.3) is 0 Å². The lowest BCUT2D eigenvalue weighted by Crippen LogP contribution is -2.37. The predicted octanol–water partition coefficient (Wildman–Crippen LogP) is 3.04. The number of nitrogens with zero attached hydrogens (tertiary/aromatic N) is 1. The molecule has 1 heterocycles. The third-order valence-electron chi connectivity index (χ3n) is 2.81. The fraction of sp³-hybridized carbons (Fsp3) is 0.714. The standard InChI is InChI=1S/C14H26N2S/c1-11-7-13(12(2)17-11)8-15-9-14(3,4)10-16(5)6/h7,15H,8-10H2,1-6H3. The monoisotopic (exact) mass is 254 g/mol. The zero-order chi connectivity index (χ0) is 13.1. The summed E-state index contributed by atoms with van der Waals surface area (Å²) in [5.74, 6) is 0. The largest absolute Gasteiger partial charge is 0.312 e. The molecule has 0 saturated heterocycles. The van der Waals surface area contributed by atoms with E-state index in [0.29, 0.717) is 5.41 Å². The molecule has 0 spiro atoms. The first-order chi connectivity index (χ1) is 7.80. The lowest BCUT2D eigenvalue weighted by atomic mass is 9.93. The predicted molar refractivity (Wildman–Crippen MR) is 77.8 cm³/mol. The van der Waals surface area contributed by atoms with Crippen molar-refractivity contribution in [3.05, 3.63) is 21.4 Å². The first-order valence-electron chi connectivity index (χ1n) is 6.21. The minimum absolute atomic E-state index is 0.322. The molecule has 0 fully saturated rings. The van der Waals surface area contributed by atoms with Gasteiger partial charge in [-0.2, -0.15) is 0 Å². The summed E-state index contributed by atoms with van der Waals surface area (Å²) in [5, 5.41) is 3.58. The Morgan fingerprint density at radius 2 is 1.94 bits per heavy atom. The van der Waals surface area contributed by atoms with Crippen molar-refractivity contribution in [3.63, 3.8) is 0 Å². The molecule has 1 aromatic heterocycles. The molecule has 1 aromatic rings. The van der Waals surface area contributed by atoms with Crippen LogP contribution in [-0.4, -0.2) is 32.1 Å². The minimum Gasteiger partial charge on any atom is -0.312 e. The van der Waals surface area contributed by atoms with Crippen molar-refractivity contribution in [2.24, 2.45) is 5.41 Å². The summed E-state index contributed by atoms with van der Waals surface area (Å²) in [7, 11) is 4.27. The third kappa shape index (κ3) is 5.19. The zero-order valence-corrected chi connectivity index (χ0v) is 12.9. The highest BCUT2D eigenvalue weighted by Crippen LogP contribution is 2.21. The van der Waals surface area contributed by atoms with E-state index in [4.69, 9.17) is 0 Å². The first-order valence-corrected chi connectivity index (χ1v) is 7.03. The van der Waals surface area contributed by atoms with Gasteiger partial charge in [-0.15, -0.1) is 11.3 Å². The van der Waals surface area contributed by atoms with Crippen molar-refractivity contribution in [2.75, 3.05) is 27.2 Å². The van der Waals surface area contributed by atoms with Crippen LogP contribution in [0, 0.1) is 19.3 Å². The van der Waals surface area contributed by atoms with Gasteiger partial charge in [-0.3, -0.25) is 0 Å². The Kier molecular flexibility index (Phi) is 5.17. The molecule has 0 bridgehead atoms. The lowest BCUT2D eigenvalue weighted by Gasteiger charge is -2.28. The van der Waals surface area contributed by atoms with E-state index in [2.05, 4.69) is 58.1 Å². The quantitative estimate of drug-likeness (QED) is 0.839. The van der Waals surface area contributed by atoms with E-state index in [-0.39, 0.29) is 0 Å². The second-order valence-electron chi connectivity index (χ2n) is 5.94. The van der Waals surface area contributed by atoms with Crippen molar-refractivity contribution in [1.29, 1.82) is 0 Å². The Bertz CT molecular complexity index is 353. The zero-order valence-electron chi connectivity index (χ0n) is 12.1. The van der Waals surface area contributed by atoms with E-state index in [1.165, 1.54) is 15.3 Å². The fourth-order valence-corrected chi connectivity index (χ4v) is 3.25. The van der Waals surface area contributed by atoms with Crippen molar-refractivity contribution in [2.45, 2.75) is 34.2 Å². The molecule has 1 rings (SSSR count). The average molecular weight is 254 g/mol. The van der Waals surface area contributed by atoms with Gasteiger partial charge in [0.1, 0.15) is 0 Å². The maximum absolute atomic E-state index is 3.58. The van der Waals surface area contributed by atoms with Crippen LogP contribution in [0.4, 0.5) is 0 Å². The van der Waals surface area contributed by atoms with Crippen molar-refractivity contribution >= 4 is 11.3 Å². The van der Waals surface area contributed by atoms with E-state index in [1.807, 2.05) is 11.3 Å². The minimum atomic E-state index is 0.322. The van der Waals surface area contributed by atoms with Crippen LogP contribution in [0.25, 0.3) is 0 Å². The molecular weight excluding hydrogens is 228 g/mol. The fourth-order valence-electron chi connectivity index (χ4n) is 2.31. The molecule has 0 aliphatic carbocycles. The number of thiophene rings is 1. The van der Waals surface area contributed by atoms with Crippen LogP contribution in [0.1, 0.15) is 29.2 Å². The number of nitrogens with one attached hydrogen (secondary N) is 1. The summed E-state index contributed by atoms with van der Waals surface area (Å²) in [6.45, 7) is 12.2. The highest BCUT2D eigenvalue weighted by atomic mass is 32.1. The van der Waals surface area contributed by atoms with E-state index in [9.17, 15) is 0 Å². The Labute approximate surface area is 110 Å². The topological polar surface area (TPSA) is 15.3 Å². The van der Waals surface area contributed by atoms with Gasteiger partial charge in [0.15, 0.2) is 0 Å². The van der Waals surface area contributed by atoms with E-state index >= 15 is 0 Å². The molecule has 0 aromatic carbocycles. The summed E-state index contributed by atoms with van der Waals surface area (Å²) in [5.41, 5.74) is 1.77. The second-order valence-corrected chi connectivity index (χ2v) is 7.40. The van der Waals surface area contributed by atoms with E-state index in [0.717, 1.165) is 19.6 Å². The smallest absolute Gasteiger partial charge is 0.0216 e. The summed E-state index contributed by atoms with van der Waals surface area (Å²) in [6, 6.07) is 2.30. The number of hydrogen-bond acceptors (Lipinski definition) is 3. The second kappa shape index (κ2) is 5.98. The van der Waals surface area contributed by atoms with Gasteiger partial charge < -0.3 is 10.2 Å². The van der Waals surface area contributed by atoms with E-state index in [1.54, 1.807) is 0 Å². The van der Waals surface area contributed by atoms with Crippen LogP contribution in [0.2, 0.25) is 0 Å². The van der Waals surface area contributed by atoms with Crippen molar-refractivity contribution < 1.29 is 0 Å². The number of aryl methyl sites for hydroxylation is 2. The Morgan fingerprint density at radius 3 is 2.41 bits per heavy atom. The molecule has 0 aliphatic heterocycles. The Balaban J connectivity index is 2.39. The Hall–Kier alpha value is -0.380. The first kappa shape index (κ1) is 14.7. The molecular formula is C14H26N2S. The van der Waals surface area contributed by atoms with Crippen LogP contribution in [0.3, 0.4) is 0 Å². The van der Waals surface area contributed by atoms with Gasteiger partial charge in [0, 0.05) is 29.4 Å². The summed E-state index contributed by atoms with van der Waals surface area (Å²) in [6.07, 6.45) is 0. The molecule has 0 aliphatic rings. The maximum atomic E-state index is 3.58. The highest BCUT2D eigenvalue weighted by molar-refractivity contribution is 7.12. The average Bonchev–Trinajstić information content (AvgIpc) is 2.42. The van der Waals surface area contributed by atoms with Crippen LogP contribution in [0.5, 0.6) is 0 Å². The normalized spacial score (nSPS) is 12.4. The molecule has 2 nitrogen and oxygen atoms in total.